The first-order valence-electron chi connectivity index (χ1n) is 24.9. The van der Waals surface area contributed by atoms with Gasteiger partial charge in [-0.2, -0.15) is 0 Å². The molecule has 394 valence electrons. The predicted molar refractivity (Wildman–Crippen MR) is 271 cm³/mol. The van der Waals surface area contributed by atoms with Crippen LogP contribution >= 0.6 is 0 Å². The Morgan fingerprint density at radius 2 is 1.46 bits per heavy atom. The number of fused-ring (bicyclic) bond motifs is 1. The lowest BCUT2D eigenvalue weighted by Crippen LogP contribution is -2.54. The number of anilines is 1. The molecule has 2 fully saturated rings. The second-order valence-electron chi connectivity index (χ2n) is 18.1. The molecule has 2 unspecified atom stereocenters. The number of nitrogens with zero attached hydrogens (tertiary/aromatic N) is 2. The fourth-order valence-electron chi connectivity index (χ4n) is 9.69. The van der Waals surface area contributed by atoms with Crippen LogP contribution in [-0.4, -0.2) is 125 Å². The number of likely N-dealkylation sites (tertiary alicyclic amines) is 1. The topological polar surface area (TPSA) is 227 Å². The molecule has 0 radical (unpaired) electrons. The number of carbonyl (C=O) groups is 7. The summed E-state index contributed by atoms with van der Waals surface area (Å²) in [5.41, 5.74) is 3.11. The van der Waals surface area contributed by atoms with Crippen molar-refractivity contribution in [2.75, 3.05) is 67.1 Å². The van der Waals surface area contributed by atoms with E-state index in [4.69, 9.17) is 33.2 Å². The van der Waals surface area contributed by atoms with E-state index in [0.717, 1.165) is 23.3 Å². The van der Waals surface area contributed by atoms with E-state index < -0.39 is 53.7 Å². The summed E-state index contributed by atoms with van der Waals surface area (Å²) in [5, 5.41) is 8.33. The van der Waals surface area contributed by atoms with E-state index in [1.165, 1.54) is 21.3 Å². The number of amides is 6. The SMILES string of the molecule is CC[C@H](C(=O)N1CCCC[C@H]1C(=O)OC(CCc1ccc(OC)c(OC)c1)c1ccccc1OCC(=O)NCCCCNc1ccc2c(c1)C(=O)N(C1CCC(=O)NC1=O)C2=O)c1cc(OC)c(OC)c(OC)c1. The molecule has 19 heteroatoms. The van der Waals surface area contributed by atoms with Gasteiger partial charge >= 0.3 is 5.97 Å². The molecular formula is C55H65N5O14. The van der Waals surface area contributed by atoms with Crippen molar-refractivity contribution in [1.82, 2.24) is 20.4 Å². The molecule has 0 saturated carbocycles. The quantitative estimate of drug-likeness (QED) is 0.0397. The Kier molecular flexibility index (Phi) is 18.4. The zero-order valence-corrected chi connectivity index (χ0v) is 42.7. The summed E-state index contributed by atoms with van der Waals surface area (Å²) in [7, 11) is 7.67. The minimum absolute atomic E-state index is 0.0367. The van der Waals surface area contributed by atoms with Crippen molar-refractivity contribution in [2.24, 2.45) is 0 Å². The van der Waals surface area contributed by atoms with E-state index in [1.807, 2.05) is 31.2 Å². The third kappa shape index (κ3) is 12.3. The Labute approximate surface area is 430 Å². The van der Waals surface area contributed by atoms with Gasteiger partial charge in [0.15, 0.2) is 29.6 Å². The van der Waals surface area contributed by atoms with Crippen molar-refractivity contribution in [1.29, 1.82) is 0 Å². The number of ether oxygens (including phenoxy) is 7. The van der Waals surface area contributed by atoms with E-state index in [0.29, 0.717) is 109 Å². The minimum Gasteiger partial charge on any atom is -0.493 e. The summed E-state index contributed by atoms with van der Waals surface area (Å²) in [4.78, 5) is 95.2. The molecule has 3 aliphatic rings. The van der Waals surface area contributed by atoms with Gasteiger partial charge in [0.1, 0.15) is 23.9 Å². The van der Waals surface area contributed by atoms with Gasteiger partial charge in [0.25, 0.3) is 17.7 Å². The minimum atomic E-state index is -1.04. The predicted octanol–water partition coefficient (Wildman–Crippen LogP) is 6.31. The number of carbonyl (C=O) groups excluding carboxylic acids is 7. The smallest absolute Gasteiger partial charge is 0.329 e. The molecule has 3 heterocycles. The van der Waals surface area contributed by atoms with Crippen molar-refractivity contribution in [3.63, 3.8) is 0 Å². The number of nitrogens with one attached hydrogen (secondary N) is 3. The van der Waals surface area contributed by atoms with Crippen LogP contribution in [-0.2, 0) is 35.1 Å². The lowest BCUT2D eigenvalue weighted by atomic mass is 9.91. The monoisotopic (exact) mass is 1020 g/mol. The number of imide groups is 2. The number of aryl methyl sites for hydroxylation is 1. The Morgan fingerprint density at radius 3 is 2.16 bits per heavy atom. The zero-order chi connectivity index (χ0) is 52.9. The van der Waals surface area contributed by atoms with Crippen LogP contribution in [0, 0.1) is 0 Å². The largest absolute Gasteiger partial charge is 0.493 e. The van der Waals surface area contributed by atoms with Crippen molar-refractivity contribution >= 4 is 47.1 Å². The molecule has 2 saturated heterocycles. The fourth-order valence-corrected chi connectivity index (χ4v) is 9.69. The number of piperidine rings is 2. The van der Waals surface area contributed by atoms with Gasteiger partial charge in [-0.15, -0.1) is 0 Å². The molecule has 0 spiro atoms. The Bertz CT molecular complexity index is 2700. The van der Waals surface area contributed by atoms with Crippen molar-refractivity contribution in [2.45, 2.75) is 95.2 Å². The Balaban J connectivity index is 0.979. The van der Waals surface area contributed by atoms with Crippen LogP contribution in [0.15, 0.2) is 72.8 Å². The van der Waals surface area contributed by atoms with Crippen LogP contribution in [0.2, 0.25) is 0 Å². The number of methoxy groups -OCH3 is 5. The summed E-state index contributed by atoms with van der Waals surface area (Å²) in [6, 6.07) is 19.1. The molecule has 0 aromatic heterocycles. The van der Waals surface area contributed by atoms with Crippen molar-refractivity contribution in [3.05, 3.63) is 101 Å². The van der Waals surface area contributed by atoms with Gasteiger partial charge in [-0.1, -0.05) is 31.2 Å². The number of hydrogen-bond acceptors (Lipinski definition) is 15. The van der Waals surface area contributed by atoms with Crippen LogP contribution < -0.4 is 44.4 Å². The third-order valence-electron chi connectivity index (χ3n) is 13.6. The summed E-state index contributed by atoms with van der Waals surface area (Å²) in [5.74, 6) is -1.28. The molecule has 74 heavy (non-hydrogen) atoms. The Hall–Kier alpha value is -7.83. The van der Waals surface area contributed by atoms with Crippen LogP contribution in [0.3, 0.4) is 0 Å². The molecule has 0 bridgehead atoms. The maximum Gasteiger partial charge on any atom is 0.329 e. The first kappa shape index (κ1) is 54.0. The van der Waals surface area contributed by atoms with Crippen LogP contribution in [0.4, 0.5) is 5.69 Å². The zero-order valence-electron chi connectivity index (χ0n) is 42.7. The van der Waals surface area contributed by atoms with Gasteiger partial charge in [-0.25, -0.2) is 4.79 Å². The van der Waals surface area contributed by atoms with E-state index in [1.54, 1.807) is 67.7 Å². The molecule has 0 aliphatic carbocycles. The van der Waals surface area contributed by atoms with Crippen LogP contribution in [0.1, 0.15) is 114 Å². The van der Waals surface area contributed by atoms with Crippen LogP contribution in [0.5, 0.6) is 34.5 Å². The summed E-state index contributed by atoms with van der Waals surface area (Å²) < 4.78 is 40.3. The average Bonchev–Trinajstić information content (AvgIpc) is 3.66. The highest BCUT2D eigenvalue weighted by atomic mass is 16.6. The molecule has 4 atom stereocenters. The van der Waals surface area contributed by atoms with E-state index in [2.05, 4.69) is 16.0 Å². The van der Waals surface area contributed by atoms with Crippen LogP contribution in [0.25, 0.3) is 0 Å². The number of unbranched alkanes of at least 4 members (excludes halogenated alkanes) is 1. The van der Waals surface area contributed by atoms with Gasteiger partial charge in [0, 0.05) is 37.3 Å². The van der Waals surface area contributed by atoms with Gasteiger partial charge in [0.05, 0.1) is 52.6 Å². The molecule has 3 N–H and O–H groups in total. The lowest BCUT2D eigenvalue weighted by Gasteiger charge is -2.37. The number of benzene rings is 4. The highest BCUT2D eigenvalue weighted by molar-refractivity contribution is 6.23. The fraction of sp³-hybridized carbons (Fsp3) is 0.436. The van der Waals surface area contributed by atoms with Gasteiger partial charge in [-0.05, 0) is 117 Å². The molecule has 19 nitrogen and oxygen atoms in total. The Morgan fingerprint density at radius 1 is 0.743 bits per heavy atom. The standard InChI is InChI=1S/C55H65N5O14/c1-7-36(34-29-46(70-4)50(72-6)47(30-34)71-5)52(64)59-27-13-10-15-41(59)55(67)74-43(22-17-33-18-23-44(68-2)45(28-33)69-3)38-14-8-9-16-42(38)73-32-49(62)57-26-12-11-25-56-35-19-20-37-39(31-35)54(66)60(53(37)65)40-21-24-48(61)58-51(40)63/h8-9,14,16,18-20,23,28-31,36,40-41,43,56H,7,10-13,15,17,21-22,24-27,32H2,1-6H3,(H,57,62)(H,58,61,63)/t36-,40?,41-,43?/m0/s1. The average molecular weight is 1020 g/mol. The first-order valence-corrected chi connectivity index (χ1v) is 24.9. The highest BCUT2D eigenvalue weighted by Crippen LogP contribution is 2.42. The molecular weight excluding hydrogens is 955 g/mol. The van der Waals surface area contributed by atoms with Gasteiger partial charge in [0.2, 0.25) is 23.5 Å². The maximum atomic E-state index is 14.6. The summed E-state index contributed by atoms with van der Waals surface area (Å²) >= 11 is 0. The van der Waals surface area contributed by atoms with Gasteiger partial charge < -0.3 is 48.7 Å². The number of para-hydroxylation sites is 1. The normalized spacial score (nSPS) is 17.1. The molecule has 4 aromatic carbocycles. The maximum absolute atomic E-state index is 14.6. The van der Waals surface area contributed by atoms with Crippen molar-refractivity contribution < 1.29 is 66.7 Å². The van der Waals surface area contributed by atoms with Crippen molar-refractivity contribution in [3.8, 4) is 34.5 Å². The molecule has 4 aromatic rings. The van der Waals surface area contributed by atoms with Gasteiger partial charge in [-0.3, -0.25) is 39.0 Å². The molecule has 7 rings (SSSR count). The third-order valence-corrected chi connectivity index (χ3v) is 13.6. The first-order chi connectivity index (χ1) is 35.8. The second-order valence-corrected chi connectivity index (χ2v) is 18.1. The highest BCUT2D eigenvalue weighted by Gasteiger charge is 2.45. The lowest BCUT2D eigenvalue weighted by molar-refractivity contribution is -0.162. The molecule has 3 aliphatic heterocycles. The summed E-state index contributed by atoms with van der Waals surface area (Å²) in [6.07, 6.45) is 3.62. The van der Waals surface area contributed by atoms with E-state index in [9.17, 15) is 33.6 Å². The second kappa shape index (κ2) is 25.2. The number of esters is 1. The summed E-state index contributed by atoms with van der Waals surface area (Å²) in [6.45, 7) is 2.83. The van der Waals surface area contributed by atoms with E-state index >= 15 is 0 Å². The number of rotatable bonds is 24. The number of hydrogen-bond donors (Lipinski definition) is 3. The van der Waals surface area contributed by atoms with E-state index in [-0.39, 0.29) is 42.4 Å². The molecule has 6 amide bonds.